The summed E-state index contributed by atoms with van der Waals surface area (Å²) in [6.45, 7) is 3.48. The summed E-state index contributed by atoms with van der Waals surface area (Å²) in [7, 11) is 0. The van der Waals surface area contributed by atoms with Gasteiger partial charge in [0.15, 0.2) is 0 Å². The zero-order valence-electron chi connectivity index (χ0n) is 10.5. The molecule has 0 aliphatic carbocycles. The van der Waals surface area contributed by atoms with E-state index < -0.39 is 0 Å². The summed E-state index contributed by atoms with van der Waals surface area (Å²) in [6, 6.07) is 4.12. The van der Waals surface area contributed by atoms with Gasteiger partial charge in [-0.05, 0) is 34.0 Å². The number of halogens is 1. The SMILES string of the molecule is Clc1cnccc1CN1CCOC(c2ccsc2)C1. The van der Waals surface area contributed by atoms with E-state index in [2.05, 4.69) is 26.7 Å². The van der Waals surface area contributed by atoms with Gasteiger partial charge in [-0.15, -0.1) is 0 Å². The lowest BCUT2D eigenvalue weighted by atomic mass is 10.1. The van der Waals surface area contributed by atoms with Crippen LogP contribution in [0.3, 0.4) is 0 Å². The van der Waals surface area contributed by atoms with Gasteiger partial charge in [-0.2, -0.15) is 11.3 Å². The lowest BCUT2D eigenvalue weighted by Gasteiger charge is -2.32. The van der Waals surface area contributed by atoms with Crippen molar-refractivity contribution in [1.29, 1.82) is 0 Å². The third-order valence-electron chi connectivity index (χ3n) is 3.32. The molecule has 0 saturated carbocycles. The van der Waals surface area contributed by atoms with Gasteiger partial charge in [-0.3, -0.25) is 9.88 Å². The van der Waals surface area contributed by atoms with Crippen LogP contribution in [0.15, 0.2) is 35.3 Å². The predicted octanol–water partition coefficient (Wildman–Crippen LogP) is 3.37. The maximum absolute atomic E-state index is 6.16. The molecule has 3 heterocycles. The number of thiophene rings is 1. The number of pyridine rings is 1. The molecule has 19 heavy (non-hydrogen) atoms. The minimum Gasteiger partial charge on any atom is -0.371 e. The highest BCUT2D eigenvalue weighted by Gasteiger charge is 2.22. The molecule has 1 unspecified atom stereocenters. The normalized spacial score (nSPS) is 20.6. The van der Waals surface area contributed by atoms with Crippen LogP contribution in [0, 0.1) is 0 Å². The molecule has 0 aromatic carbocycles. The molecule has 0 amide bonds. The van der Waals surface area contributed by atoms with Crippen molar-refractivity contribution in [2.24, 2.45) is 0 Å². The van der Waals surface area contributed by atoms with E-state index in [9.17, 15) is 0 Å². The summed E-state index contributed by atoms with van der Waals surface area (Å²) >= 11 is 7.87. The fourth-order valence-electron chi connectivity index (χ4n) is 2.28. The third-order valence-corrected chi connectivity index (χ3v) is 4.36. The van der Waals surface area contributed by atoms with E-state index in [1.807, 2.05) is 6.07 Å². The number of nitrogens with zero attached hydrogens (tertiary/aromatic N) is 2. The first-order valence-electron chi connectivity index (χ1n) is 6.27. The van der Waals surface area contributed by atoms with Crippen molar-refractivity contribution in [3.63, 3.8) is 0 Å². The summed E-state index contributed by atoms with van der Waals surface area (Å²) in [6.07, 6.45) is 3.67. The molecule has 1 aliphatic rings. The molecule has 0 bridgehead atoms. The molecular formula is C14H15ClN2OS. The minimum absolute atomic E-state index is 0.181. The Labute approximate surface area is 121 Å². The first-order valence-corrected chi connectivity index (χ1v) is 7.59. The molecule has 0 spiro atoms. The second-order valence-electron chi connectivity index (χ2n) is 4.62. The van der Waals surface area contributed by atoms with Gasteiger partial charge in [-0.1, -0.05) is 11.6 Å². The molecule has 2 aromatic heterocycles. The zero-order valence-corrected chi connectivity index (χ0v) is 12.0. The van der Waals surface area contributed by atoms with Gasteiger partial charge in [0.1, 0.15) is 0 Å². The maximum Gasteiger partial charge on any atom is 0.0960 e. The summed E-state index contributed by atoms with van der Waals surface area (Å²) in [4.78, 5) is 6.40. The van der Waals surface area contributed by atoms with Gasteiger partial charge in [0, 0.05) is 32.0 Å². The fourth-order valence-corrected chi connectivity index (χ4v) is 3.16. The van der Waals surface area contributed by atoms with Crippen LogP contribution in [0.2, 0.25) is 5.02 Å². The quantitative estimate of drug-likeness (QED) is 0.868. The molecule has 1 atom stereocenters. The van der Waals surface area contributed by atoms with E-state index in [1.54, 1.807) is 23.7 Å². The number of ether oxygens (including phenoxy) is 1. The Morgan fingerprint density at radius 3 is 3.21 bits per heavy atom. The molecule has 2 aromatic rings. The van der Waals surface area contributed by atoms with Crippen LogP contribution in [0.25, 0.3) is 0 Å². The van der Waals surface area contributed by atoms with Crippen LogP contribution in [0.5, 0.6) is 0 Å². The molecule has 3 rings (SSSR count). The Morgan fingerprint density at radius 2 is 2.42 bits per heavy atom. The number of hydrogen-bond donors (Lipinski definition) is 0. The first kappa shape index (κ1) is 13.1. The Hall–Kier alpha value is -0.940. The zero-order chi connectivity index (χ0) is 13.1. The van der Waals surface area contributed by atoms with E-state index in [-0.39, 0.29) is 6.10 Å². The van der Waals surface area contributed by atoms with Crippen LogP contribution >= 0.6 is 22.9 Å². The van der Waals surface area contributed by atoms with Gasteiger partial charge in [0.2, 0.25) is 0 Å². The maximum atomic E-state index is 6.16. The van der Waals surface area contributed by atoms with Crippen LogP contribution in [-0.2, 0) is 11.3 Å². The summed E-state index contributed by atoms with van der Waals surface area (Å²) < 4.78 is 5.84. The first-order chi connectivity index (χ1) is 9.33. The van der Waals surface area contributed by atoms with Gasteiger partial charge in [0.25, 0.3) is 0 Å². The average Bonchev–Trinajstić information content (AvgIpc) is 2.96. The molecular weight excluding hydrogens is 280 g/mol. The molecule has 1 saturated heterocycles. The predicted molar refractivity (Wildman–Crippen MR) is 77.5 cm³/mol. The van der Waals surface area contributed by atoms with Crippen molar-refractivity contribution >= 4 is 22.9 Å². The monoisotopic (exact) mass is 294 g/mol. The largest absolute Gasteiger partial charge is 0.371 e. The highest BCUT2D eigenvalue weighted by atomic mass is 35.5. The molecule has 5 heteroatoms. The Balaban J connectivity index is 1.67. The molecule has 0 radical (unpaired) electrons. The Bertz CT molecular complexity index is 532. The highest BCUT2D eigenvalue weighted by Crippen LogP contribution is 2.25. The van der Waals surface area contributed by atoms with Crippen molar-refractivity contribution < 1.29 is 4.74 Å². The van der Waals surface area contributed by atoms with Crippen molar-refractivity contribution in [2.75, 3.05) is 19.7 Å². The van der Waals surface area contributed by atoms with Crippen LogP contribution in [-0.4, -0.2) is 29.6 Å². The standard InChI is InChI=1S/C14H15ClN2OS/c15-13-7-16-3-1-11(13)8-17-4-5-18-14(9-17)12-2-6-19-10-12/h1-3,6-7,10,14H,4-5,8-9H2. The lowest BCUT2D eigenvalue weighted by Crippen LogP contribution is -2.37. The van der Waals surface area contributed by atoms with E-state index in [0.717, 1.165) is 36.8 Å². The average molecular weight is 295 g/mol. The molecule has 1 fully saturated rings. The van der Waals surface area contributed by atoms with Crippen molar-refractivity contribution in [1.82, 2.24) is 9.88 Å². The van der Waals surface area contributed by atoms with Crippen molar-refractivity contribution in [3.05, 3.63) is 51.4 Å². The van der Waals surface area contributed by atoms with Gasteiger partial charge < -0.3 is 4.74 Å². The molecule has 0 N–H and O–H groups in total. The third kappa shape index (κ3) is 3.15. The molecule has 3 nitrogen and oxygen atoms in total. The van der Waals surface area contributed by atoms with Crippen molar-refractivity contribution in [3.8, 4) is 0 Å². The second-order valence-corrected chi connectivity index (χ2v) is 5.81. The van der Waals surface area contributed by atoms with E-state index >= 15 is 0 Å². The lowest BCUT2D eigenvalue weighted by molar-refractivity contribution is -0.0327. The minimum atomic E-state index is 0.181. The number of morpholine rings is 1. The van der Waals surface area contributed by atoms with Gasteiger partial charge >= 0.3 is 0 Å². The van der Waals surface area contributed by atoms with E-state index in [1.165, 1.54) is 5.56 Å². The topological polar surface area (TPSA) is 25.4 Å². The van der Waals surface area contributed by atoms with E-state index in [4.69, 9.17) is 16.3 Å². The van der Waals surface area contributed by atoms with Crippen LogP contribution in [0.4, 0.5) is 0 Å². The van der Waals surface area contributed by atoms with Gasteiger partial charge in [0.05, 0.1) is 17.7 Å². The highest BCUT2D eigenvalue weighted by molar-refractivity contribution is 7.07. The Morgan fingerprint density at radius 1 is 1.47 bits per heavy atom. The summed E-state index contributed by atoms with van der Waals surface area (Å²) in [5.41, 5.74) is 2.40. The molecule has 100 valence electrons. The molecule has 1 aliphatic heterocycles. The second kappa shape index (κ2) is 6.01. The van der Waals surface area contributed by atoms with Crippen LogP contribution in [0.1, 0.15) is 17.2 Å². The summed E-state index contributed by atoms with van der Waals surface area (Å²) in [5.74, 6) is 0. The Kier molecular flexibility index (Phi) is 4.13. The van der Waals surface area contributed by atoms with Gasteiger partial charge in [-0.25, -0.2) is 0 Å². The summed E-state index contributed by atoms with van der Waals surface area (Å²) in [5, 5.41) is 4.99. The smallest absolute Gasteiger partial charge is 0.0960 e. The van der Waals surface area contributed by atoms with Crippen molar-refractivity contribution in [2.45, 2.75) is 12.6 Å². The number of rotatable bonds is 3. The number of hydrogen-bond acceptors (Lipinski definition) is 4. The van der Waals surface area contributed by atoms with E-state index in [0.29, 0.717) is 0 Å². The number of aromatic nitrogens is 1. The van der Waals surface area contributed by atoms with Crippen LogP contribution < -0.4 is 0 Å². The fraction of sp³-hybridized carbons (Fsp3) is 0.357.